The van der Waals surface area contributed by atoms with Crippen LogP contribution < -0.4 is 10.2 Å². The van der Waals surface area contributed by atoms with Crippen molar-refractivity contribution in [1.82, 2.24) is 14.8 Å². The number of nitrogens with zero attached hydrogens (tertiary/aromatic N) is 3. The van der Waals surface area contributed by atoms with Crippen molar-refractivity contribution < 1.29 is 23.9 Å². The highest BCUT2D eigenvalue weighted by molar-refractivity contribution is 6.30. The number of nitrogens with one attached hydrogen (secondary N) is 1. The predicted molar refractivity (Wildman–Crippen MR) is 143 cm³/mol. The van der Waals surface area contributed by atoms with Crippen molar-refractivity contribution in [3.63, 3.8) is 0 Å². The molecule has 10 heteroatoms. The van der Waals surface area contributed by atoms with Gasteiger partial charge in [-0.25, -0.2) is 4.39 Å². The van der Waals surface area contributed by atoms with E-state index in [9.17, 15) is 23.9 Å². The van der Waals surface area contributed by atoms with Crippen LogP contribution in [-0.2, 0) is 22.7 Å². The van der Waals surface area contributed by atoms with E-state index in [0.29, 0.717) is 12.0 Å². The van der Waals surface area contributed by atoms with Crippen LogP contribution in [0.5, 0.6) is 0 Å². The average molecular weight is 541 g/mol. The van der Waals surface area contributed by atoms with Gasteiger partial charge in [0, 0.05) is 53.0 Å². The first kappa shape index (κ1) is 26.2. The fourth-order valence-corrected chi connectivity index (χ4v) is 5.25. The lowest BCUT2D eigenvalue weighted by Crippen LogP contribution is -2.43. The molecule has 3 aromatic rings. The second-order valence-electron chi connectivity index (χ2n) is 9.99. The Kier molecular flexibility index (Phi) is 7.40. The summed E-state index contributed by atoms with van der Waals surface area (Å²) >= 11 is 5.82. The van der Waals surface area contributed by atoms with Gasteiger partial charge in [-0.2, -0.15) is 0 Å². The predicted octanol–water partition coefficient (Wildman–Crippen LogP) is 3.86. The van der Waals surface area contributed by atoms with Gasteiger partial charge in [-0.05, 0) is 56.9 Å². The molecule has 0 radical (unpaired) electrons. The highest BCUT2D eigenvalue weighted by Gasteiger charge is 2.34. The second kappa shape index (κ2) is 10.7. The molecule has 2 heterocycles. The maximum absolute atomic E-state index is 14.2. The van der Waals surface area contributed by atoms with Gasteiger partial charge in [0.15, 0.2) is 5.78 Å². The summed E-state index contributed by atoms with van der Waals surface area (Å²) in [6, 6.07) is 10.2. The molecule has 1 saturated heterocycles. The van der Waals surface area contributed by atoms with Gasteiger partial charge in [0.25, 0.3) is 0 Å². The standard InChI is InChI=1S/C28H30ClFN4O4/c1-17(35)22-14-32(24-10-9-20(12-21(22)24)33-11-3-6-26(33)37)16-27(38)34(19-7-8-19)15-25(36)31-13-18-4-2-5-23(29)28(18)30/h2,4-5,9-10,12,14,19,26,37H,3,6-8,11,13,15-16H2,1H3,(H,31,36). The van der Waals surface area contributed by atoms with E-state index in [2.05, 4.69) is 5.32 Å². The van der Waals surface area contributed by atoms with E-state index in [-0.39, 0.29) is 53.9 Å². The van der Waals surface area contributed by atoms with E-state index in [1.165, 1.54) is 13.0 Å². The number of ketones is 1. The Morgan fingerprint density at radius 1 is 1.18 bits per heavy atom. The molecule has 1 atom stereocenters. The van der Waals surface area contributed by atoms with Gasteiger partial charge in [0.05, 0.1) is 11.6 Å². The molecule has 2 N–H and O–H groups in total. The molecule has 8 nitrogen and oxygen atoms in total. The van der Waals surface area contributed by atoms with E-state index in [4.69, 9.17) is 11.6 Å². The lowest BCUT2D eigenvalue weighted by atomic mass is 10.1. The molecule has 5 rings (SSSR count). The van der Waals surface area contributed by atoms with Crippen LogP contribution in [0.1, 0.15) is 48.5 Å². The molecule has 0 bridgehead atoms. The molecule has 2 aliphatic rings. The second-order valence-corrected chi connectivity index (χ2v) is 10.4. The Labute approximate surface area is 225 Å². The third-order valence-electron chi connectivity index (χ3n) is 7.23. The zero-order valence-corrected chi connectivity index (χ0v) is 21.9. The first-order valence-electron chi connectivity index (χ1n) is 12.8. The Morgan fingerprint density at radius 2 is 1.97 bits per heavy atom. The Hall–Kier alpha value is -3.43. The quantitative estimate of drug-likeness (QED) is 0.402. The molecule has 2 aromatic carbocycles. The number of benzene rings is 2. The molecule has 0 spiro atoms. The number of aliphatic hydroxyl groups is 1. The summed E-state index contributed by atoms with van der Waals surface area (Å²) in [6.07, 6.45) is 4.36. The first-order valence-corrected chi connectivity index (χ1v) is 13.2. The maximum atomic E-state index is 14.2. The van der Waals surface area contributed by atoms with Gasteiger partial charge >= 0.3 is 0 Å². The number of fused-ring (bicyclic) bond motifs is 1. The molecular weight excluding hydrogens is 511 g/mol. The molecule has 200 valence electrons. The van der Waals surface area contributed by atoms with Crippen molar-refractivity contribution in [1.29, 1.82) is 0 Å². The summed E-state index contributed by atoms with van der Waals surface area (Å²) < 4.78 is 15.9. The smallest absolute Gasteiger partial charge is 0.243 e. The molecular formula is C28H30ClFN4O4. The van der Waals surface area contributed by atoms with Gasteiger partial charge in [-0.3, -0.25) is 14.4 Å². The average Bonchev–Trinajstić information content (AvgIpc) is 3.54. The molecule has 1 aliphatic heterocycles. The summed E-state index contributed by atoms with van der Waals surface area (Å²) in [5.41, 5.74) is 2.34. The van der Waals surface area contributed by atoms with Crippen LogP contribution in [0.2, 0.25) is 5.02 Å². The summed E-state index contributed by atoms with van der Waals surface area (Å²) in [5.74, 6) is -1.32. The first-order chi connectivity index (χ1) is 18.2. The van der Waals surface area contributed by atoms with Crippen molar-refractivity contribution in [2.75, 3.05) is 18.0 Å². The van der Waals surface area contributed by atoms with Crippen LogP contribution in [0.25, 0.3) is 10.9 Å². The van der Waals surface area contributed by atoms with E-state index >= 15 is 0 Å². The van der Waals surface area contributed by atoms with Gasteiger partial charge in [-0.15, -0.1) is 0 Å². The van der Waals surface area contributed by atoms with Crippen LogP contribution in [0.3, 0.4) is 0 Å². The Bertz CT molecular complexity index is 1400. The number of halogens is 2. The lowest BCUT2D eigenvalue weighted by molar-refractivity contribution is -0.137. The lowest BCUT2D eigenvalue weighted by Gasteiger charge is -2.23. The number of aromatic nitrogens is 1. The molecule has 38 heavy (non-hydrogen) atoms. The Balaban J connectivity index is 1.31. The van der Waals surface area contributed by atoms with Crippen LogP contribution in [0, 0.1) is 5.82 Å². The molecule has 1 saturated carbocycles. The van der Waals surface area contributed by atoms with Gasteiger partial charge < -0.3 is 24.8 Å². The number of rotatable bonds is 9. The zero-order chi connectivity index (χ0) is 27.0. The van der Waals surface area contributed by atoms with Crippen LogP contribution >= 0.6 is 11.6 Å². The molecule has 2 amide bonds. The van der Waals surface area contributed by atoms with Crippen LogP contribution in [0.15, 0.2) is 42.6 Å². The van der Waals surface area contributed by atoms with E-state index in [1.54, 1.807) is 27.8 Å². The minimum absolute atomic E-state index is 0.0147. The topological polar surface area (TPSA) is 94.9 Å². The van der Waals surface area contributed by atoms with E-state index in [0.717, 1.165) is 42.4 Å². The number of aliphatic hydroxyl groups excluding tert-OH is 1. The summed E-state index contributed by atoms with van der Waals surface area (Å²) in [5, 5.41) is 13.7. The SMILES string of the molecule is CC(=O)c1cn(CC(=O)N(CC(=O)NCc2cccc(Cl)c2F)C2CC2)c2ccc(N3CCCC3O)cc12. The number of carbonyl (C=O) groups is 3. The van der Waals surface area contributed by atoms with Gasteiger partial charge in [-0.1, -0.05) is 23.7 Å². The molecule has 2 fully saturated rings. The van der Waals surface area contributed by atoms with Crippen molar-refractivity contribution in [2.45, 2.75) is 58.0 Å². The number of amides is 2. The molecule has 1 aromatic heterocycles. The molecule has 1 aliphatic carbocycles. The highest BCUT2D eigenvalue weighted by Crippen LogP contribution is 2.32. The zero-order valence-electron chi connectivity index (χ0n) is 21.1. The summed E-state index contributed by atoms with van der Waals surface area (Å²) in [4.78, 5) is 41.9. The fraction of sp³-hybridized carbons (Fsp3) is 0.393. The number of hydrogen-bond donors (Lipinski definition) is 2. The number of carbonyl (C=O) groups excluding carboxylic acids is 3. The minimum atomic E-state index is -0.576. The van der Waals surface area contributed by atoms with Crippen LogP contribution in [0.4, 0.5) is 10.1 Å². The largest absolute Gasteiger partial charge is 0.374 e. The normalized spacial score (nSPS) is 17.2. The third kappa shape index (κ3) is 5.39. The van der Waals surface area contributed by atoms with Crippen molar-refractivity contribution in [3.8, 4) is 0 Å². The minimum Gasteiger partial charge on any atom is -0.374 e. The number of hydrogen-bond acceptors (Lipinski definition) is 5. The van der Waals surface area contributed by atoms with E-state index in [1.807, 2.05) is 23.1 Å². The fourth-order valence-electron chi connectivity index (χ4n) is 5.06. The highest BCUT2D eigenvalue weighted by atomic mass is 35.5. The number of anilines is 1. The Morgan fingerprint density at radius 3 is 2.66 bits per heavy atom. The van der Waals surface area contributed by atoms with Crippen molar-refractivity contribution >= 4 is 45.8 Å². The van der Waals surface area contributed by atoms with Gasteiger partial charge in [0.2, 0.25) is 11.8 Å². The van der Waals surface area contributed by atoms with Crippen LogP contribution in [-0.4, -0.2) is 57.5 Å². The summed E-state index contributed by atoms with van der Waals surface area (Å²) in [6.45, 7) is 2.03. The maximum Gasteiger partial charge on any atom is 0.243 e. The van der Waals surface area contributed by atoms with E-state index < -0.39 is 12.0 Å². The molecule has 1 unspecified atom stereocenters. The van der Waals surface area contributed by atoms with Crippen molar-refractivity contribution in [3.05, 3.63) is 64.6 Å². The third-order valence-corrected chi connectivity index (χ3v) is 7.52. The number of Topliss-reactive ketones (excluding diaryl/α,β-unsaturated/α-hetero) is 1. The van der Waals surface area contributed by atoms with Gasteiger partial charge in [0.1, 0.15) is 18.6 Å². The van der Waals surface area contributed by atoms with Crippen molar-refractivity contribution in [2.24, 2.45) is 0 Å². The summed E-state index contributed by atoms with van der Waals surface area (Å²) in [7, 11) is 0. The monoisotopic (exact) mass is 540 g/mol.